The first-order valence-corrected chi connectivity index (χ1v) is 5.77. The molecule has 0 aliphatic rings. The Morgan fingerprint density at radius 2 is 2.13 bits per heavy atom. The van der Waals surface area contributed by atoms with Crippen molar-refractivity contribution in [2.75, 3.05) is 5.73 Å². The molecule has 3 nitrogen and oxygen atoms in total. The largest absolute Gasteiger partial charge is 0.383 e. The lowest BCUT2D eigenvalue weighted by molar-refractivity contribution is 0.694. The molecule has 0 bridgehead atoms. The first-order valence-electron chi connectivity index (χ1n) is 4.70. The van der Waals surface area contributed by atoms with Crippen LogP contribution in [0.25, 0.3) is 0 Å². The maximum absolute atomic E-state index is 5.89. The molecule has 4 heteroatoms. The topological polar surface area (TPSA) is 43.8 Å². The van der Waals surface area contributed by atoms with Crippen LogP contribution in [0.3, 0.4) is 0 Å². The molecule has 0 saturated heterocycles. The van der Waals surface area contributed by atoms with Gasteiger partial charge in [0.1, 0.15) is 5.82 Å². The molecule has 1 aromatic carbocycles. The molecule has 2 N–H and O–H groups in total. The van der Waals surface area contributed by atoms with Gasteiger partial charge in [-0.2, -0.15) is 5.10 Å². The lowest BCUT2D eigenvalue weighted by Gasteiger charge is -2.07. The van der Waals surface area contributed by atoms with E-state index in [1.54, 1.807) is 6.20 Å². The van der Waals surface area contributed by atoms with E-state index in [4.69, 9.17) is 5.73 Å². The van der Waals surface area contributed by atoms with Gasteiger partial charge in [-0.3, -0.25) is 0 Å². The van der Waals surface area contributed by atoms with Crippen molar-refractivity contribution >= 4 is 28.4 Å². The molecule has 0 spiro atoms. The van der Waals surface area contributed by atoms with Gasteiger partial charge in [-0.15, -0.1) is 0 Å². The van der Waals surface area contributed by atoms with E-state index in [-0.39, 0.29) is 0 Å². The van der Waals surface area contributed by atoms with Gasteiger partial charge in [-0.05, 0) is 40.6 Å². The van der Waals surface area contributed by atoms with E-state index in [1.165, 1.54) is 11.1 Å². The highest BCUT2D eigenvalue weighted by molar-refractivity contribution is 14.1. The highest BCUT2D eigenvalue weighted by Crippen LogP contribution is 2.16. The Bertz CT molecular complexity index is 476. The summed E-state index contributed by atoms with van der Waals surface area (Å²) in [7, 11) is 0. The highest BCUT2D eigenvalue weighted by Gasteiger charge is 2.05. The van der Waals surface area contributed by atoms with Crippen LogP contribution in [0.5, 0.6) is 0 Å². The summed E-state index contributed by atoms with van der Waals surface area (Å²) in [5, 5.41) is 4.24. The Labute approximate surface area is 102 Å². The molecule has 0 aliphatic heterocycles. The van der Waals surface area contributed by atoms with E-state index in [9.17, 15) is 0 Å². The number of benzene rings is 1. The zero-order valence-electron chi connectivity index (χ0n) is 8.44. The van der Waals surface area contributed by atoms with E-state index < -0.39 is 0 Å². The number of aromatic nitrogens is 2. The molecule has 78 valence electrons. The van der Waals surface area contributed by atoms with Crippen molar-refractivity contribution < 1.29 is 0 Å². The van der Waals surface area contributed by atoms with Crippen molar-refractivity contribution in [3.63, 3.8) is 0 Å². The van der Waals surface area contributed by atoms with Crippen molar-refractivity contribution in [2.24, 2.45) is 0 Å². The van der Waals surface area contributed by atoms with Gasteiger partial charge in [0.05, 0.1) is 16.3 Å². The maximum Gasteiger partial charge on any atom is 0.135 e. The average molecular weight is 313 g/mol. The highest BCUT2D eigenvalue weighted by atomic mass is 127. The van der Waals surface area contributed by atoms with Crippen LogP contribution < -0.4 is 5.73 Å². The summed E-state index contributed by atoms with van der Waals surface area (Å²) in [6.45, 7) is 2.83. The summed E-state index contributed by atoms with van der Waals surface area (Å²) in [6, 6.07) is 8.27. The predicted octanol–water partition coefficient (Wildman–Crippen LogP) is 2.43. The van der Waals surface area contributed by atoms with Crippen LogP contribution >= 0.6 is 22.6 Å². The summed E-state index contributed by atoms with van der Waals surface area (Å²) < 4.78 is 2.82. The second kappa shape index (κ2) is 4.22. The Kier molecular flexibility index (Phi) is 2.95. The first kappa shape index (κ1) is 10.5. The monoisotopic (exact) mass is 313 g/mol. The van der Waals surface area contributed by atoms with Gasteiger partial charge >= 0.3 is 0 Å². The number of hydrogen-bond acceptors (Lipinski definition) is 2. The smallest absolute Gasteiger partial charge is 0.135 e. The molecule has 0 amide bonds. The van der Waals surface area contributed by atoms with Crippen LogP contribution in [-0.2, 0) is 6.54 Å². The van der Waals surface area contributed by atoms with Gasteiger partial charge in [0.15, 0.2) is 0 Å². The van der Waals surface area contributed by atoms with E-state index in [0.29, 0.717) is 0 Å². The molecule has 0 unspecified atom stereocenters. The fourth-order valence-electron chi connectivity index (χ4n) is 1.45. The third-order valence-electron chi connectivity index (χ3n) is 2.41. The minimum absolute atomic E-state index is 0.735. The Balaban J connectivity index is 2.30. The molecular formula is C11H12IN3. The van der Waals surface area contributed by atoms with E-state index in [2.05, 4.69) is 46.7 Å². The molecule has 1 aromatic heterocycles. The summed E-state index contributed by atoms with van der Waals surface area (Å²) in [5.74, 6) is 0.735. The Hall–Kier alpha value is -1.04. The van der Waals surface area contributed by atoms with E-state index in [0.717, 1.165) is 15.9 Å². The number of halogens is 1. The summed E-state index contributed by atoms with van der Waals surface area (Å²) in [5.41, 5.74) is 8.41. The predicted molar refractivity (Wildman–Crippen MR) is 69.6 cm³/mol. The molecular weight excluding hydrogens is 301 g/mol. The molecule has 0 aliphatic carbocycles. The van der Waals surface area contributed by atoms with Gasteiger partial charge in [-0.25, -0.2) is 4.68 Å². The van der Waals surface area contributed by atoms with Crippen LogP contribution in [0.15, 0.2) is 30.5 Å². The van der Waals surface area contributed by atoms with Crippen LogP contribution in [0.4, 0.5) is 5.82 Å². The SMILES string of the molecule is Cc1ccccc1Cn1ncc(I)c1N. The van der Waals surface area contributed by atoms with Gasteiger partial charge in [0.2, 0.25) is 0 Å². The molecule has 15 heavy (non-hydrogen) atoms. The number of nitrogens with zero attached hydrogens (tertiary/aromatic N) is 2. The van der Waals surface area contributed by atoms with E-state index in [1.807, 2.05) is 16.8 Å². The number of rotatable bonds is 2. The van der Waals surface area contributed by atoms with Crippen molar-refractivity contribution in [1.29, 1.82) is 0 Å². The van der Waals surface area contributed by atoms with Crippen molar-refractivity contribution in [3.05, 3.63) is 45.2 Å². The van der Waals surface area contributed by atoms with Gasteiger partial charge in [0, 0.05) is 0 Å². The first-order chi connectivity index (χ1) is 7.18. The van der Waals surface area contributed by atoms with E-state index >= 15 is 0 Å². The summed E-state index contributed by atoms with van der Waals surface area (Å²) in [6.07, 6.45) is 1.79. The lowest BCUT2D eigenvalue weighted by atomic mass is 10.1. The molecule has 2 rings (SSSR count). The van der Waals surface area contributed by atoms with Crippen LogP contribution in [-0.4, -0.2) is 9.78 Å². The number of nitrogen functional groups attached to an aromatic ring is 1. The molecule has 2 aromatic rings. The van der Waals surface area contributed by atoms with Crippen molar-refractivity contribution in [2.45, 2.75) is 13.5 Å². The molecule has 0 saturated carbocycles. The zero-order valence-corrected chi connectivity index (χ0v) is 10.6. The molecule has 1 heterocycles. The number of anilines is 1. The maximum atomic E-state index is 5.89. The fraction of sp³-hybridized carbons (Fsp3) is 0.182. The summed E-state index contributed by atoms with van der Waals surface area (Å²) in [4.78, 5) is 0. The van der Waals surface area contributed by atoms with Crippen LogP contribution in [0, 0.1) is 10.5 Å². The molecule has 0 radical (unpaired) electrons. The number of hydrogen-bond donors (Lipinski definition) is 1. The number of nitrogens with two attached hydrogens (primary N) is 1. The van der Waals surface area contributed by atoms with Crippen molar-refractivity contribution in [3.8, 4) is 0 Å². The second-order valence-corrected chi connectivity index (χ2v) is 4.62. The molecule has 0 atom stereocenters. The fourth-order valence-corrected chi connectivity index (χ4v) is 1.85. The average Bonchev–Trinajstić information content (AvgIpc) is 2.53. The van der Waals surface area contributed by atoms with Crippen LogP contribution in [0.2, 0.25) is 0 Å². The second-order valence-electron chi connectivity index (χ2n) is 3.46. The normalized spacial score (nSPS) is 10.5. The Morgan fingerprint density at radius 3 is 2.73 bits per heavy atom. The quantitative estimate of drug-likeness (QED) is 0.866. The lowest BCUT2D eigenvalue weighted by Crippen LogP contribution is -2.07. The van der Waals surface area contributed by atoms with Gasteiger partial charge in [0.25, 0.3) is 0 Å². The number of aryl methyl sites for hydroxylation is 1. The third kappa shape index (κ3) is 2.14. The zero-order chi connectivity index (χ0) is 10.8. The Morgan fingerprint density at radius 1 is 1.40 bits per heavy atom. The third-order valence-corrected chi connectivity index (χ3v) is 3.25. The van der Waals surface area contributed by atoms with Gasteiger partial charge in [-0.1, -0.05) is 24.3 Å². The summed E-state index contributed by atoms with van der Waals surface area (Å²) >= 11 is 2.19. The van der Waals surface area contributed by atoms with Crippen LogP contribution in [0.1, 0.15) is 11.1 Å². The van der Waals surface area contributed by atoms with Gasteiger partial charge < -0.3 is 5.73 Å². The minimum Gasteiger partial charge on any atom is -0.383 e. The molecule has 0 fully saturated rings. The standard InChI is InChI=1S/C11H12IN3/c1-8-4-2-3-5-9(8)7-15-11(13)10(12)6-14-15/h2-6H,7,13H2,1H3. The van der Waals surface area contributed by atoms with Crippen molar-refractivity contribution in [1.82, 2.24) is 9.78 Å². The minimum atomic E-state index is 0.735.